The summed E-state index contributed by atoms with van der Waals surface area (Å²) in [5.74, 6) is -0.416. The first-order valence-corrected chi connectivity index (χ1v) is 8.53. The fourth-order valence-corrected chi connectivity index (χ4v) is 3.19. The summed E-state index contributed by atoms with van der Waals surface area (Å²) in [5, 5.41) is 2.98. The normalized spacial score (nSPS) is 13.2. The van der Waals surface area contributed by atoms with Crippen LogP contribution in [0.1, 0.15) is 21.5 Å². The van der Waals surface area contributed by atoms with Gasteiger partial charge in [-0.25, -0.2) is 4.39 Å². The summed E-state index contributed by atoms with van der Waals surface area (Å²) in [6, 6.07) is 16.3. The summed E-state index contributed by atoms with van der Waals surface area (Å²) >= 11 is 0. The average Bonchev–Trinajstić information content (AvgIpc) is 2.69. The molecule has 0 radical (unpaired) electrons. The zero-order chi connectivity index (χ0) is 17.9. The Morgan fingerprint density at radius 2 is 1.81 bits per heavy atom. The van der Waals surface area contributed by atoms with Gasteiger partial charge in [0.15, 0.2) is 0 Å². The highest BCUT2D eigenvalue weighted by Gasteiger charge is 2.22. The number of carbonyl (C=O) groups excluding carboxylic acids is 1. The number of benzene rings is 2. The fraction of sp³-hybridized carbons (Fsp3) is 0.143. The number of hydrogen-bond donors (Lipinski definition) is 1. The molecule has 0 saturated heterocycles. The number of rotatable bonds is 3. The zero-order valence-electron chi connectivity index (χ0n) is 14.2. The molecule has 1 amide bonds. The van der Waals surface area contributed by atoms with Gasteiger partial charge < -0.3 is 10.2 Å². The van der Waals surface area contributed by atoms with Crippen LogP contribution < -0.4 is 5.32 Å². The van der Waals surface area contributed by atoms with E-state index in [0.29, 0.717) is 30.0 Å². The zero-order valence-corrected chi connectivity index (χ0v) is 14.2. The van der Waals surface area contributed by atoms with Gasteiger partial charge in [0.1, 0.15) is 5.82 Å². The molecule has 4 rings (SSSR count). The molecule has 3 aromatic rings. The van der Waals surface area contributed by atoms with Gasteiger partial charge in [-0.2, -0.15) is 0 Å². The standard InChI is InChI=1S/C21H18FN3O/c22-19-7-3-4-8-20(19)24-18-11-17(12-23-13-18)21(26)25-10-9-15-5-1-2-6-16(15)14-25/h1-8,11-13,24H,9-10,14H2. The van der Waals surface area contributed by atoms with Crippen LogP contribution in [0.4, 0.5) is 15.8 Å². The number of carbonyl (C=O) groups is 1. The lowest BCUT2D eigenvalue weighted by atomic mass is 9.99. The van der Waals surface area contributed by atoms with Crippen LogP contribution in [0.25, 0.3) is 0 Å². The highest BCUT2D eigenvalue weighted by atomic mass is 19.1. The number of fused-ring (bicyclic) bond motifs is 1. The third kappa shape index (κ3) is 3.28. The molecule has 1 aliphatic heterocycles. The third-order valence-electron chi connectivity index (χ3n) is 4.56. The summed E-state index contributed by atoms with van der Waals surface area (Å²) in [7, 11) is 0. The predicted molar refractivity (Wildman–Crippen MR) is 98.8 cm³/mol. The van der Waals surface area contributed by atoms with Crippen LogP contribution in [-0.4, -0.2) is 22.3 Å². The van der Waals surface area contributed by atoms with Crippen molar-refractivity contribution in [2.75, 3.05) is 11.9 Å². The van der Waals surface area contributed by atoms with E-state index < -0.39 is 0 Å². The fourth-order valence-electron chi connectivity index (χ4n) is 3.19. The maximum absolute atomic E-state index is 13.8. The molecular formula is C21H18FN3O. The van der Waals surface area contributed by atoms with Crippen molar-refractivity contribution in [1.82, 2.24) is 9.88 Å². The Kier molecular flexibility index (Phi) is 4.35. The predicted octanol–water partition coefficient (Wildman–Crippen LogP) is 4.16. The minimum atomic E-state index is -0.350. The molecule has 0 atom stereocenters. The monoisotopic (exact) mass is 347 g/mol. The summed E-state index contributed by atoms with van der Waals surface area (Å²) in [6.07, 6.45) is 3.98. The second kappa shape index (κ2) is 6.96. The molecule has 2 heterocycles. The maximum atomic E-state index is 13.8. The van der Waals surface area contributed by atoms with E-state index in [1.807, 2.05) is 17.0 Å². The van der Waals surface area contributed by atoms with E-state index in [0.717, 1.165) is 6.42 Å². The van der Waals surface area contributed by atoms with E-state index in [9.17, 15) is 9.18 Å². The molecule has 2 aromatic carbocycles. The summed E-state index contributed by atoms with van der Waals surface area (Å²) < 4.78 is 13.8. The molecule has 4 nitrogen and oxygen atoms in total. The van der Waals surface area contributed by atoms with E-state index in [2.05, 4.69) is 22.4 Å². The number of nitrogens with one attached hydrogen (secondary N) is 1. The van der Waals surface area contributed by atoms with Crippen molar-refractivity contribution < 1.29 is 9.18 Å². The number of para-hydroxylation sites is 1. The van der Waals surface area contributed by atoms with Crippen LogP contribution in [0.2, 0.25) is 0 Å². The Morgan fingerprint density at radius 3 is 2.65 bits per heavy atom. The van der Waals surface area contributed by atoms with E-state index in [-0.39, 0.29) is 11.7 Å². The molecule has 5 heteroatoms. The number of nitrogens with zero attached hydrogens (tertiary/aromatic N) is 2. The largest absolute Gasteiger partial charge is 0.352 e. The molecule has 0 bridgehead atoms. The van der Waals surface area contributed by atoms with Crippen LogP contribution in [0.3, 0.4) is 0 Å². The Hall–Kier alpha value is -3.21. The van der Waals surface area contributed by atoms with E-state index in [4.69, 9.17) is 0 Å². The van der Waals surface area contributed by atoms with Crippen LogP contribution >= 0.6 is 0 Å². The minimum absolute atomic E-state index is 0.0656. The smallest absolute Gasteiger partial charge is 0.255 e. The van der Waals surface area contributed by atoms with Gasteiger partial charge in [-0.3, -0.25) is 9.78 Å². The minimum Gasteiger partial charge on any atom is -0.352 e. The average molecular weight is 347 g/mol. The Labute approximate surface area is 151 Å². The van der Waals surface area contributed by atoms with Crippen molar-refractivity contribution in [2.24, 2.45) is 0 Å². The first kappa shape index (κ1) is 16.3. The number of hydrogen-bond acceptors (Lipinski definition) is 3. The van der Waals surface area contributed by atoms with Crippen molar-refractivity contribution in [3.05, 3.63) is 89.5 Å². The van der Waals surface area contributed by atoms with Crippen molar-refractivity contribution >= 4 is 17.3 Å². The summed E-state index contributed by atoms with van der Waals surface area (Å²) in [4.78, 5) is 18.8. The number of pyridine rings is 1. The van der Waals surface area contributed by atoms with E-state index in [1.165, 1.54) is 17.2 Å². The first-order valence-electron chi connectivity index (χ1n) is 8.53. The second-order valence-corrected chi connectivity index (χ2v) is 6.31. The Balaban J connectivity index is 1.53. The third-order valence-corrected chi connectivity index (χ3v) is 4.56. The molecule has 1 N–H and O–H groups in total. The molecular weight excluding hydrogens is 329 g/mol. The molecule has 26 heavy (non-hydrogen) atoms. The van der Waals surface area contributed by atoms with Gasteiger partial charge >= 0.3 is 0 Å². The molecule has 0 fully saturated rings. The topological polar surface area (TPSA) is 45.2 Å². The van der Waals surface area contributed by atoms with Gasteiger partial charge in [-0.15, -0.1) is 0 Å². The lowest BCUT2D eigenvalue weighted by Crippen LogP contribution is -2.36. The Bertz CT molecular complexity index is 957. The number of aromatic nitrogens is 1. The van der Waals surface area contributed by atoms with Gasteiger partial charge in [0.05, 0.1) is 23.1 Å². The molecule has 1 aliphatic rings. The number of amides is 1. The molecule has 0 unspecified atom stereocenters. The molecule has 130 valence electrons. The van der Waals surface area contributed by atoms with Gasteiger partial charge in [0.25, 0.3) is 5.91 Å². The van der Waals surface area contributed by atoms with Crippen LogP contribution in [0.5, 0.6) is 0 Å². The van der Waals surface area contributed by atoms with Crippen molar-refractivity contribution in [3.8, 4) is 0 Å². The molecule has 0 spiro atoms. The second-order valence-electron chi connectivity index (χ2n) is 6.31. The van der Waals surface area contributed by atoms with Gasteiger partial charge in [0.2, 0.25) is 0 Å². The quantitative estimate of drug-likeness (QED) is 0.774. The van der Waals surface area contributed by atoms with E-state index in [1.54, 1.807) is 36.7 Å². The van der Waals surface area contributed by atoms with Crippen LogP contribution in [0.15, 0.2) is 67.0 Å². The summed E-state index contributed by atoms with van der Waals surface area (Å²) in [6.45, 7) is 1.28. The highest BCUT2D eigenvalue weighted by molar-refractivity contribution is 5.95. The van der Waals surface area contributed by atoms with Crippen LogP contribution in [0, 0.1) is 5.82 Å². The van der Waals surface area contributed by atoms with Crippen LogP contribution in [-0.2, 0) is 13.0 Å². The van der Waals surface area contributed by atoms with Crippen molar-refractivity contribution in [3.63, 3.8) is 0 Å². The highest BCUT2D eigenvalue weighted by Crippen LogP contribution is 2.23. The number of halogens is 1. The van der Waals surface area contributed by atoms with Crippen molar-refractivity contribution in [1.29, 1.82) is 0 Å². The first-order chi connectivity index (χ1) is 12.7. The molecule has 1 aromatic heterocycles. The van der Waals surface area contributed by atoms with Gasteiger partial charge in [-0.05, 0) is 35.7 Å². The molecule has 0 aliphatic carbocycles. The lowest BCUT2D eigenvalue weighted by molar-refractivity contribution is 0.0734. The van der Waals surface area contributed by atoms with E-state index >= 15 is 0 Å². The maximum Gasteiger partial charge on any atom is 0.255 e. The molecule has 0 saturated carbocycles. The van der Waals surface area contributed by atoms with Crippen molar-refractivity contribution in [2.45, 2.75) is 13.0 Å². The summed E-state index contributed by atoms with van der Waals surface area (Å²) in [5.41, 5.74) is 3.90. The Morgan fingerprint density at radius 1 is 1.04 bits per heavy atom. The number of anilines is 2. The van der Waals surface area contributed by atoms with Gasteiger partial charge in [-0.1, -0.05) is 36.4 Å². The lowest BCUT2D eigenvalue weighted by Gasteiger charge is -2.29. The SMILES string of the molecule is O=C(c1cncc(Nc2ccccc2F)c1)N1CCc2ccccc2C1. The van der Waals surface area contributed by atoms with Gasteiger partial charge in [0, 0.05) is 19.3 Å².